The molecule has 0 N–H and O–H groups in total. The molecule has 126 valence electrons. The summed E-state index contributed by atoms with van der Waals surface area (Å²) in [6, 6.07) is 12.3. The van der Waals surface area contributed by atoms with Crippen molar-refractivity contribution in [2.75, 3.05) is 0 Å². The van der Waals surface area contributed by atoms with Gasteiger partial charge in [0.15, 0.2) is 0 Å². The van der Waals surface area contributed by atoms with Crippen LogP contribution < -0.4 is 5.56 Å². The third kappa shape index (κ3) is 3.71. The average molecular weight is 342 g/mol. The first-order chi connectivity index (χ1) is 11.6. The van der Waals surface area contributed by atoms with Gasteiger partial charge in [-0.25, -0.2) is 4.98 Å². The Hall–Kier alpha value is -2.05. The maximum Gasteiger partial charge on any atom is 0.275 e. The molecule has 24 heavy (non-hydrogen) atoms. The van der Waals surface area contributed by atoms with Gasteiger partial charge >= 0.3 is 0 Å². The number of nitrogens with zero attached hydrogens (tertiary/aromatic N) is 4. The fraction of sp³-hybridized carbons (Fsp3) is 0.389. The number of rotatable bonds is 6. The molecule has 2 heterocycles. The Kier molecular flexibility index (Phi) is 5.06. The van der Waals surface area contributed by atoms with Crippen molar-refractivity contribution in [3.8, 4) is 0 Å². The molecule has 0 fully saturated rings. The van der Waals surface area contributed by atoms with Crippen LogP contribution in [-0.2, 0) is 19.5 Å². The summed E-state index contributed by atoms with van der Waals surface area (Å²) >= 11 is 1.49. The van der Waals surface area contributed by atoms with Gasteiger partial charge in [-0.15, -0.1) is 0 Å². The zero-order valence-electron chi connectivity index (χ0n) is 14.3. The molecule has 0 bridgehead atoms. The van der Waals surface area contributed by atoms with E-state index in [-0.39, 0.29) is 5.56 Å². The lowest BCUT2D eigenvalue weighted by Gasteiger charge is -2.26. The lowest BCUT2D eigenvalue weighted by molar-refractivity contribution is 0.201. The fourth-order valence-corrected chi connectivity index (χ4v) is 3.42. The van der Waals surface area contributed by atoms with Crippen LogP contribution in [0.4, 0.5) is 0 Å². The van der Waals surface area contributed by atoms with Gasteiger partial charge in [0.05, 0.1) is 5.69 Å². The minimum Gasteiger partial charge on any atom is -0.291 e. The highest BCUT2D eigenvalue weighted by Gasteiger charge is 2.14. The minimum atomic E-state index is -0.102. The quantitative estimate of drug-likeness (QED) is 0.691. The van der Waals surface area contributed by atoms with Crippen LogP contribution in [0.3, 0.4) is 0 Å². The number of fused-ring (bicyclic) bond motifs is 1. The highest BCUT2D eigenvalue weighted by atomic mass is 32.1. The maximum atomic E-state index is 12.3. The van der Waals surface area contributed by atoms with Crippen LogP contribution in [0.5, 0.6) is 0 Å². The van der Waals surface area contributed by atoms with Crippen LogP contribution in [0.15, 0.2) is 41.2 Å². The van der Waals surface area contributed by atoms with Gasteiger partial charge in [-0.1, -0.05) is 48.6 Å². The first kappa shape index (κ1) is 16.8. The molecule has 0 saturated heterocycles. The van der Waals surface area contributed by atoms with E-state index in [2.05, 4.69) is 41.0 Å². The Bertz CT molecular complexity index is 870. The molecule has 6 heteroatoms. The van der Waals surface area contributed by atoms with Gasteiger partial charge in [-0.05, 0) is 25.8 Å². The van der Waals surface area contributed by atoms with Gasteiger partial charge in [0.2, 0.25) is 4.96 Å². The molecule has 3 aromatic rings. The highest BCUT2D eigenvalue weighted by molar-refractivity contribution is 7.16. The van der Waals surface area contributed by atoms with Crippen molar-refractivity contribution < 1.29 is 0 Å². The summed E-state index contributed by atoms with van der Waals surface area (Å²) in [7, 11) is 0. The first-order valence-electron chi connectivity index (χ1n) is 8.23. The molecule has 3 rings (SSSR count). The number of hydrogen-bond donors (Lipinski definition) is 0. The molecule has 5 nitrogen and oxygen atoms in total. The summed E-state index contributed by atoms with van der Waals surface area (Å²) in [5, 5.41) is 5.23. The van der Waals surface area contributed by atoms with Crippen molar-refractivity contribution in [1.29, 1.82) is 0 Å². The minimum absolute atomic E-state index is 0.102. The van der Waals surface area contributed by atoms with E-state index in [0.717, 1.165) is 23.7 Å². The predicted molar refractivity (Wildman–Crippen MR) is 97.3 cm³/mol. The molecule has 0 saturated carbocycles. The van der Waals surface area contributed by atoms with E-state index in [9.17, 15) is 4.79 Å². The molecule has 0 radical (unpaired) electrons. The van der Waals surface area contributed by atoms with Crippen molar-refractivity contribution in [2.24, 2.45) is 0 Å². The number of aryl methyl sites for hydroxylation is 1. The second-order valence-corrected chi connectivity index (χ2v) is 7.15. The van der Waals surface area contributed by atoms with Gasteiger partial charge in [0, 0.05) is 25.2 Å². The Balaban J connectivity index is 1.87. The average Bonchev–Trinajstić information content (AvgIpc) is 2.99. The van der Waals surface area contributed by atoms with Crippen LogP contribution in [0.1, 0.15) is 37.0 Å². The number of aromatic nitrogens is 3. The van der Waals surface area contributed by atoms with Crippen molar-refractivity contribution in [1.82, 2.24) is 19.5 Å². The zero-order valence-corrected chi connectivity index (χ0v) is 15.1. The van der Waals surface area contributed by atoms with Crippen molar-refractivity contribution >= 4 is 16.3 Å². The van der Waals surface area contributed by atoms with Crippen LogP contribution in [0.2, 0.25) is 0 Å². The Labute approximate surface area is 145 Å². The Morgan fingerprint density at radius 2 is 1.96 bits per heavy atom. The molecule has 0 aliphatic rings. The van der Waals surface area contributed by atoms with E-state index in [1.54, 1.807) is 6.07 Å². The molecule has 0 atom stereocenters. The first-order valence-corrected chi connectivity index (χ1v) is 9.05. The van der Waals surface area contributed by atoms with Crippen LogP contribution in [-0.4, -0.2) is 25.5 Å². The van der Waals surface area contributed by atoms with Crippen LogP contribution >= 0.6 is 11.3 Å². The smallest absolute Gasteiger partial charge is 0.275 e. The summed E-state index contributed by atoms with van der Waals surface area (Å²) in [5.74, 6) is 0. The Morgan fingerprint density at radius 3 is 2.62 bits per heavy atom. The normalized spacial score (nSPS) is 11.7. The predicted octanol–water partition coefficient (Wildman–Crippen LogP) is 3.12. The number of hydrogen-bond acceptors (Lipinski definition) is 5. The lowest BCUT2D eigenvalue weighted by Crippen LogP contribution is -2.31. The summed E-state index contributed by atoms with van der Waals surface area (Å²) in [5.41, 5.74) is 1.96. The van der Waals surface area contributed by atoms with Gasteiger partial charge in [0.25, 0.3) is 5.56 Å². The topological polar surface area (TPSA) is 50.5 Å². The molecular formula is C18H22N4OS. The monoisotopic (exact) mass is 342 g/mol. The standard InChI is InChI=1S/C18H22N4OS/c1-4-16-20-22-17(23)10-15(19-18(22)24-16)12-21(13(2)3)11-14-8-6-5-7-9-14/h5-10,13H,4,11-12H2,1-3H3. The van der Waals surface area contributed by atoms with E-state index >= 15 is 0 Å². The van der Waals surface area contributed by atoms with Crippen molar-refractivity contribution in [3.63, 3.8) is 0 Å². The summed E-state index contributed by atoms with van der Waals surface area (Å²) < 4.78 is 1.41. The summed E-state index contributed by atoms with van der Waals surface area (Å²) in [6.45, 7) is 7.84. The summed E-state index contributed by atoms with van der Waals surface area (Å²) in [4.78, 5) is 19.9. The molecule has 0 unspecified atom stereocenters. The molecule has 0 spiro atoms. The second-order valence-electron chi connectivity index (χ2n) is 6.11. The second kappa shape index (κ2) is 7.23. The molecule has 0 aliphatic heterocycles. The van der Waals surface area contributed by atoms with E-state index in [4.69, 9.17) is 0 Å². The van der Waals surface area contributed by atoms with Crippen molar-refractivity contribution in [3.05, 3.63) is 63.0 Å². The van der Waals surface area contributed by atoms with Gasteiger partial charge < -0.3 is 0 Å². The van der Waals surface area contributed by atoms with E-state index < -0.39 is 0 Å². The van der Waals surface area contributed by atoms with Gasteiger partial charge in [-0.3, -0.25) is 9.69 Å². The van der Waals surface area contributed by atoms with E-state index in [1.807, 2.05) is 25.1 Å². The third-order valence-corrected chi connectivity index (χ3v) is 5.02. The SMILES string of the molecule is CCc1nn2c(=O)cc(CN(Cc3ccccc3)C(C)C)nc2s1. The summed E-state index contributed by atoms with van der Waals surface area (Å²) in [6.07, 6.45) is 0.814. The third-order valence-electron chi connectivity index (χ3n) is 3.97. The van der Waals surface area contributed by atoms with Gasteiger partial charge in [-0.2, -0.15) is 9.61 Å². The maximum absolute atomic E-state index is 12.3. The van der Waals surface area contributed by atoms with Crippen LogP contribution in [0.25, 0.3) is 4.96 Å². The van der Waals surface area contributed by atoms with E-state index in [1.165, 1.54) is 21.4 Å². The lowest BCUT2D eigenvalue weighted by atomic mass is 10.2. The molecular weight excluding hydrogens is 320 g/mol. The largest absolute Gasteiger partial charge is 0.291 e. The highest BCUT2D eigenvalue weighted by Crippen LogP contribution is 2.15. The molecule has 2 aromatic heterocycles. The molecule has 0 aliphatic carbocycles. The van der Waals surface area contributed by atoms with E-state index in [0.29, 0.717) is 17.5 Å². The molecule has 0 amide bonds. The molecule has 1 aromatic carbocycles. The van der Waals surface area contributed by atoms with Gasteiger partial charge in [0.1, 0.15) is 5.01 Å². The van der Waals surface area contributed by atoms with Crippen molar-refractivity contribution in [2.45, 2.75) is 46.3 Å². The number of benzene rings is 1. The zero-order chi connectivity index (χ0) is 17.1. The fourth-order valence-electron chi connectivity index (χ4n) is 2.57. The van der Waals surface area contributed by atoms with Crippen LogP contribution in [0, 0.1) is 0 Å². The Morgan fingerprint density at radius 1 is 1.21 bits per heavy atom.